The first-order valence-corrected chi connectivity index (χ1v) is 7.32. The number of hydrogen-bond donors (Lipinski definition) is 1. The molecular weight excluding hydrogens is 222 g/mol. The third kappa shape index (κ3) is 2.89. The zero-order valence-electron chi connectivity index (χ0n) is 11.9. The predicted molar refractivity (Wildman–Crippen MR) is 74.5 cm³/mol. The number of aromatic nitrogens is 2. The molecule has 3 heteroatoms. The van der Waals surface area contributed by atoms with Crippen molar-refractivity contribution in [2.75, 3.05) is 6.54 Å². The molecule has 0 bridgehead atoms. The van der Waals surface area contributed by atoms with Gasteiger partial charge in [0.25, 0.3) is 0 Å². The van der Waals surface area contributed by atoms with Crippen LogP contribution in [0, 0.1) is 12.8 Å². The highest BCUT2D eigenvalue weighted by Gasteiger charge is 2.27. The molecule has 0 spiro atoms. The Bertz CT molecular complexity index is 383. The van der Waals surface area contributed by atoms with E-state index in [1.807, 2.05) is 6.92 Å². The third-order valence-corrected chi connectivity index (χ3v) is 3.99. The van der Waals surface area contributed by atoms with Gasteiger partial charge < -0.3 is 5.32 Å². The van der Waals surface area contributed by atoms with Crippen LogP contribution in [0.5, 0.6) is 0 Å². The first-order valence-electron chi connectivity index (χ1n) is 7.32. The minimum absolute atomic E-state index is 0.474. The lowest BCUT2D eigenvalue weighted by Gasteiger charge is -2.26. The summed E-state index contributed by atoms with van der Waals surface area (Å²) in [6.07, 6.45) is 6.43. The molecule has 1 aliphatic rings. The Kier molecular flexibility index (Phi) is 4.70. The normalized spacial score (nSPS) is 18.2. The molecule has 1 fully saturated rings. The molecule has 0 aromatic carbocycles. The van der Waals surface area contributed by atoms with Crippen molar-refractivity contribution in [3.8, 4) is 0 Å². The lowest BCUT2D eigenvalue weighted by molar-refractivity contribution is 0.370. The smallest absolute Gasteiger partial charge is 0.0676 e. The molecule has 2 rings (SSSR count). The molecular formula is C15H25N3. The van der Waals surface area contributed by atoms with Crippen molar-refractivity contribution in [3.05, 3.63) is 23.0 Å². The van der Waals surface area contributed by atoms with E-state index in [4.69, 9.17) is 0 Å². The second kappa shape index (κ2) is 6.28. The van der Waals surface area contributed by atoms with E-state index in [0.29, 0.717) is 6.04 Å². The molecule has 0 saturated heterocycles. The van der Waals surface area contributed by atoms with Crippen molar-refractivity contribution in [1.82, 2.24) is 15.5 Å². The van der Waals surface area contributed by atoms with Crippen LogP contribution < -0.4 is 5.32 Å². The molecule has 0 amide bonds. The molecule has 1 heterocycles. The van der Waals surface area contributed by atoms with Gasteiger partial charge in [-0.15, -0.1) is 0 Å². The van der Waals surface area contributed by atoms with Crippen LogP contribution in [-0.4, -0.2) is 16.7 Å². The van der Waals surface area contributed by atoms with Crippen molar-refractivity contribution in [1.29, 1.82) is 0 Å². The summed E-state index contributed by atoms with van der Waals surface area (Å²) in [7, 11) is 0. The Morgan fingerprint density at radius 2 is 2.00 bits per heavy atom. The highest BCUT2D eigenvalue weighted by molar-refractivity contribution is 5.25. The van der Waals surface area contributed by atoms with E-state index in [9.17, 15) is 0 Å². The Balaban J connectivity index is 2.31. The van der Waals surface area contributed by atoms with E-state index in [1.165, 1.54) is 36.9 Å². The predicted octanol–water partition coefficient (Wildman–Crippen LogP) is 3.19. The molecule has 1 aliphatic carbocycles. The van der Waals surface area contributed by atoms with Crippen molar-refractivity contribution in [2.45, 2.75) is 58.9 Å². The summed E-state index contributed by atoms with van der Waals surface area (Å²) in [5, 5.41) is 12.3. The van der Waals surface area contributed by atoms with E-state index in [0.717, 1.165) is 24.6 Å². The summed E-state index contributed by atoms with van der Waals surface area (Å²) >= 11 is 0. The van der Waals surface area contributed by atoms with Crippen molar-refractivity contribution in [3.63, 3.8) is 0 Å². The third-order valence-electron chi connectivity index (χ3n) is 3.99. The zero-order chi connectivity index (χ0) is 13.0. The quantitative estimate of drug-likeness (QED) is 0.868. The largest absolute Gasteiger partial charge is 0.310 e. The van der Waals surface area contributed by atoms with E-state index in [2.05, 4.69) is 35.4 Å². The van der Waals surface area contributed by atoms with Gasteiger partial charge in [0, 0.05) is 6.04 Å². The number of hydrogen-bond acceptors (Lipinski definition) is 3. The molecule has 1 unspecified atom stereocenters. The van der Waals surface area contributed by atoms with E-state index < -0.39 is 0 Å². The zero-order valence-corrected chi connectivity index (χ0v) is 11.9. The van der Waals surface area contributed by atoms with E-state index in [1.54, 1.807) is 0 Å². The fourth-order valence-electron chi connectivity index (χ4n) is 3.12. The van der Waals surface area contributed by atoms with Gasteiger partial charge in [-0.2, -0.15) is 10.2 Å². The minimum Gasteiger partial charge on any atom is -0.310 e. The first-order chi connectivity index (χ1) is 8.76. The van der Waals surface area contributed by atoms with Gasteiger partial charge in [-0.3, -0.25) is 0 Å². The highest BCUT2D eigenvalue weighted by Crippen LogP contribution is 2.36. The standard InChI is InChI=1S/C15H25N3/c1-4-14-13(10-11(3)17-18-14)15(16-5-2)12-8-6-7-9-12/h10,12,15-16H,4-9H2,1-3H3. The topological polar surface area (TPSA) is 37.8 Å². The lowest BCUT2D eigenvalue weighted by Crippen LogP contribution is -2.28. The molecule has 1 atom stereocenters. The van der Waals surface area contributed by atoms with Crippen LogP contribution in [-0.2, 0) is 6.42 Å². The summed E-state index contributed by atoms with van der Waals surface area (Å²) in [6, 6.07) is 2.71. The number of rotatable bonds is 5. The average Bonchev–Trinajstić information content (AvgIpc) is 2.89. The Morgan fingerprint density at radius 1 is 1.28 bits per heavy atom. The van der Waals surface area contributed by atoms with Gasteiger partial charge in [0.15, 0.2) is 0 Å². The summed E-state index contributed by atoms with van der Waals surface area (Å²) in [5.41, 5.74) is 3.58. The van der Waals surface area contributed by atoms with Gasteiger partial charge in [0.05, 0.1) is 11.4 Å². The number of nitrogens with zero attached hydrogens (tertiary/aromatic N) is 2. The molecule has 1 saturated carbocycles. The fourth-order valence-corrected chi connectivity index (χ4v) is 3.12. The molecule has 0 radical (unpaired) electrons. The molecule has 100 valence electrons. The molecule has 18 heavy (non-hydrogen) atoms. The number of nitrogens with one attached hydrogen (secondary N) is 1. The van der Waals surface area contributed by atoms with Gasteiger partial charge >= 0.3 is 0 Å². The average molecular weight is 247 g/mol. The Morgan fingerprint density at radius 3 is 2.61 bits per heavy atom. The van der Waals surface area contributed by atoms with Crippen LogP contribution in [0.15, 0.2) is 6.07 Å². The molecule has 0 aliphatic heterocycles. The van der Waals surface area contributed by atoms with Crippen molar-refractivity contribution in [2.24, 2.45) is 5.92 Å². The van der Waals surface area contributed by atoms with Crippen molar-refractivity contribution < 1.29 is 0 Å². The minimum atomic E-state index is 0.474. The van der Waals surface area contributed by atoms with E-state index in [-0.39, 0.29) is 0 Å². The monoisotopic (exact) mass is 247 g/mol. The maximum absolute atomic E-state index is 4.38. The SMILES string of the molecule is CCNC(c1cc(C)nnc1CC)C1CCCC1. The maximum atomic E-state index is 4.38. The Hall–Kier alpha value is -0.960. The molecule has 1 aromatic heterocycles. The summed E-state index contributed by atoms with van der Waals surface area (Å²) in [5.74, 6) is 0.777. The Labute approximate surface area is 110 Å². The summed E-state index contributed by atoms with van der Waals surface area (Å²) in [6.45, 7) is 7.41. The number of aryl methyl sites for hydroxylation is 2. The van der Waals surface area contributed by atoms with Gasteiger partial charge in [0.1, 0.15) is 0 Å². The first kappa shape index (κ1) is 13.5. The van der Waals surface area contributed by atoms with Crippen LogP contribution in [0.2, 0.25) is 0 Å². The lowest BCUT2D eigenvalue weighted by atomic mass is 9.90. The van der Waals surface area contributed by atoms with Crippen LogP contribution in [0.4, 0.5) is 0 Å². The summed E-state index contributed by atoms with van der Waals surface area (Å²) in [4.78, 5) is 0. The van der Waals surface area contributed by atoms with Crippen LogP contribution in [0.1, 0.15) is 62.5 Å². The van der Waals surface area contributed by atoms with Crippen LogP contribution in [0.3, 0.4) is 0 Å². The van der Waals surface area contributed by atoms with Gasteiger partial charge in [-0.05, 0) is 50.3 Å². The van der Waals surface area contributed by atoms with Gasteiger partial charge in [-0.25, -0.2) is 0 Å². The van der Waals surface area contributed by atoms with Crippen LogP contribution in [0.25, 0.3) is 0 Å². The molecule has 3 nitrogen and oxygen atoms in total. The van der Waals surface area contributed by atoms with Gasteiger partial charge in [-0.1, -0.05) is 26.7 Å². The second-order valence-electron chi connectivity index (χ2n) is 5.32. The fraction of sp³-hybridized carbons (Fsp3) is 0.733. The maximum Gasteiger partial charge on any atom is 0.0676 e. The summed E-state index contributed by atoms with van der Waals surface area (Å²) < 4.78 is 0. The van der Waals surface area contributed by atoms with E-state index >= 15 is 0 Å². The van der Waals surface area contributed by atoms with Crippen LogP contribution >= 0.6 is 0 Å². The van der Waals surface area contributed by atoms with Crippen molar-refractivity contribution >= 4 is 0 Å². The molecule has 1 aromatic rings. The van der Waals surface area contributed by atoms with Gasteiger partial charge in [0.2, 0.25) is 0 Å². The molecule has 1 N–H and O–H groups in total. The highest BCUT2D eigenvalue weighted by atomic mass is 15.1. The second-order valence-corrected chi connectivity index (χ2v) is 5.32.